The molecule has 1 aromatic carbocycles. The lowest BCUT2D eigenvalue weighted by Gasteiger charge is -2.17. The second-order valence-corrected chi connectivity index (χ2v) is 8.29. The molecule has 0 atom stereocenters. The van der Waals surface area contributed by atoms with Crippen LogP contribution in [0.1, 0.15) is 89.1 Å². The average Bonchev–Trinajstić information content (AvgIpc) is 2.63. The van der Waals surface area contributed by atoms with E-state index in [-0.39, 0.29) is 11.8 Å². The molecular formula is C25H36O3. The highest BCUT2D eigenvalue weighted by Gasteiger charge is 2.22. The van der Waals surface area contributed by atoms with E-state index < -0.39 is 5.41 Å². The van der Waals surface area contributed by atoms with Gasteiger partial charge in [-0.1, -0.05) is 67.8 Å². The monoisotopic (exact) mass is 384 g/mol. The van der Waals surface area contributed by atoms with Gasteiger partial charge in [-0.2, -0.15) is 0 Å². The fraction of sp³-hybridized carbons (Fsp3) is 0.520. The van der Waals surface area contributed by atoms with E-state index in [1.54, 1.807) is 6.92 Å². The Labute approximate surface area is 170 Å². The minimum Gasteiger partial charge on any atom is -0.465 e. The number of carbonyl (C=O) groups is 2. The lowest BCUT2D eigenvalue weighted by molar-refractivity contribution is -0.152. The molecule has 0 aliphatic rings. The molecule has 0 saturated heterocycles. The number of Topliss-reactive ketones (excluding diaryl/α,β-unsaturated/α-hetero) is 1. The van der Waals surface area contributed by atoms with Gasteiger partial charge < -0.3 is 4.74 Å². The molecule has 0 amide bonds. The molecule has 0 aliphatic carbocycles. The van der Waals surface area contributed by atoms with Crippen LogP contribution in [0.3, 0.4) is 0 Å². The van der Waals surface area contributed by atoms with Crippen LogP contribution in [0.2, 0.25) is 0 Å². The molecular weight excluding hydrogens is 348 g/mol. The van der Waals surface area contributed by atoms with E-state index in [0.29, 0.717) is 18.6 Å². The van der Waals surface area contributed by atoms with E-state index in [0.717, 1.165) is 18.4 Å². The third kappa shape index (κ3) is 9.68. The fourth-order valence-corrected chi connectivity index (χ4v) is 2.64. The van der Waals surface area contributed by atoms with Crippen molar-refractivity contribution >= 4 is 17.8 Å². The number of esters is 1. The SMILES string of the molecule is CCCCC/C=C/C/C(=C/c1ccc(C(C)=O)cc1)CCOC(=O)C(C)(C)C. The summed E-state index contributed by atoms with van der Waals surface area (Å²) in [6.45, 7) is 9.76. The molecule has 0 aliphatic heterocycles. The standard InChI is InChI=1S/C25H36O3/c1-6-7-8-9-10-11-12-21(17-18-28-24(27)25(3,4)5)19-22-13-15-23(16-14-22)20(2)26/h10-11,13-16,19H,6-9,12,17-18H2,1-5H3/b11-10+,21-19-. The number of hydrogen-bond acceptors (Lipinski definition) is 3. The first kappa shape index (κ1) is 23.9. The molecule has 0 unspecified atom stereocenters. The van der Waals surface area contributed by atoms with Crippen LogP contribution in [0.25, 0.3) is 6.08 Å². The normalized spacial score (nSPS) is 12.4. The van der Waals surface area contributed by atoms with Crippen LogP contribution >= 0.6 is 0 Å². The molecule has 0 N–H and O–H groups in total. The summed E-state index contributed by atoms with van der Waals surface area (Å²) in [5.74, 6) is -0.104. The zero-order chi connectivity index (χ0) is 21.0. The summed E-state index contributed by atoms with van der Waals surface area (Å²) in [7, 11) is 0. The highest BCUT2D eigenvalue weighted by Crippen LogP contribution is 2.19. The minimum absolute atomic E-state index is 0.0693. The van der Waals surface area contributed by atoms with Gasteiger partial charge in [0.25, 0.3) is 0 Å². The van der Waals surface area contributed by atoms with E-state index >= 15 is 0 Å². The van der Waals surface area contributed by atoms with Gasteiger partial charge in [-0.25, -0.2) is 0 Å². The number of ketones is 1. The zero-order valence-electron chi connectivity index (χ0n) is 18.2. The summed E-state index contributed by atoms with van der Waals surface area (Å²) in [5.41, 5.74) is 2.50. The van der Waals surface area contributed by atoms with Gasteiger partial charge in [0.2, 0.25) is 0 Å². The van der Waals surface area contributed by atoms with Crippen molar-refractivity contribution in [2.24, 2.45) is 5.41 Å². The maximum absolute atomic E-state index is 12.0. The van der Waals surface area contributed by atoms with Crippen molar-refractivity contribution in [2.75, 3.05) is 6.61 Å². The first-order valence-electron chi connectivity index (χ1n) is 10.4. The number of hydrogen-bond donors (Lipinski definition) is 0. The van der Waals surface area contributed by atoms with Gasteiger partial charge >= 0.3 is 5.97 Å². The molecule has 0 fully saturated rings. The van der Waals surface area contributed by atoms with Gasteiger partial charge in [-0.3, -0.25) is 9.59 Å². The van der Waals surface area contributed by atoms with Crippen molar-refractivity contribution in [3.63, 3.8) is 0 Å². The van der Waals surface area contributed by atoms with Crippen LogP contribution in [0, 0.1) is 5.41 Å². The molecule has 28 heavy (non-hydrogen) atoms. The first-order valence-corrected chi connectivity index (χ1v) is 10.4. The van der Waals surface area contributed by atoms with E-state index in [1.165, 1.54) is 24.8 Å². The van der Waals surface area contributed by atoms with Gasteiger partial charge in [0, 0.05) is 12.0 Å². The van der Waals surface area contributed by atoms with Crippen molar-refractivity contribution < 1.29 is 14.3 Å². The molecule has 0 spiro atoms. The number of carbonyl (C=O) groups excluding carboxylic acids is 2. The van der Waals surface area contributed by atoms with Crippen molar-refractivity contribution in [3.8, 4) is 0 Å². The van der Waals surface area contributed by atoms with Crippen molar-refractivity contribution in [1.29, 1.82) is 0 Å². The van der Waals surface area contributed by atoms with Crippen LogP contribution < -0.4 is 0 Å². The summed E-state index contributed by atoms with van der Waals surface area (Å²) < 4.78 is 5.44. The maximum atomic E-state index is 12.0. The van der Waals surface area contributed by atoms with Crippen molar-refractivity contribution in [1.82, 2.24) is 0 Å². The van der Waals surface area contributed by atoms with Crippen molar-refractivity contribution in [2.45, 2.75) is 73.1 Å². The van der Waals surface area contributed by atoms with Crippen LogP contribution in [-0.4, -0.2) is 18.4 Å². The van der Waals surface area contributed by atoms with Crippen LogP contribution in [-0.2, 0) is 9.53 Å². The Kier molecular flexibility index (Phi) is 10.5. The molecule has 0 saturated carbocycles. The number of unbranched alkanes of at least 4 members (excludes halogenated alkanes) is 3. The summed E-state index contributed by atoms with van der Waals surface area (Å²) >= 11 is 0. The Morgan fingerprint density at radius 2 is 1.71 bits per heavy atom. The lowest BCUT2D eigenvalue weighted by atomic mass is 9.97. The molecule has 3 heteroatoms. The Balaban J connectivity index is 2.75. The molecule has 0 heterocycles. The largest absolute Gasteiger partial charge is 0.465 e. The number of rotatable bonds is 11. The highest BCUT2D eigenvalue weighted by molar-refractivity contribution is 5.94. The molecule has 154 valence electrons. The summed E-state index contributed by atoms with van der Waals surface area (Å²) in [4.78, 5) is 23.4. The predicted molar refractivity (Wildman–Crippen MR) is 117 cm³/mol. The predicted octanol–water partition coefficient (Wildman–Crippen LogP) is 6.78. The molecule has 0 bridgehead atoms. The summed E-state index contributed by atoms with van der Waals surface area (Å²) in [6.07, 6.45) is 12.9. The molecule has 0 aromatic heterocycles. The summed E-state index contributed by atoms with van der Waals surface area (Å²) in [6, 6.07) is 7.63. The smallest absolute Gasteiger partial charge is 0.311 e. The average molecular weight is 385 g/mol. The second kappa shape index (κ2) is 12.3. The van der Waals surface area contributed by atoms with Crippen LogP contribution in [0.4, 0.5) is 0 Å². The Bertz CT molecular complexity index is 673. The van der Waals surface area contributed by atoms with Gasteiger partial charge in [0.1, 0.15) is 0 Å². The van der Waals surface area contributed by atoms with E-state index in [9.17, 15) is 9.59 Å². The second-order valence-electron chi connectivity index (χ2n) is 8.29. The van der Waals surface area contributed by atoms with E-state index in [2.05, 4.69) is 25.2 Å². The van der Waals surface area contributed by atoms with Crippen molar-refractivity contribution in [3.05, 3.63) is 53.1 Å². The zero-order valence-corrected chi connectivity index (χ0v) is 18.2. The van der Waals surface area contributed by atoms with Gasteiger partial charge in [0.15, 0.2) is 5.78 Å². The quantitative estimate of drug-likeness (QED) is 0.183. The first-order chi connectivity index (χ1) is 13.2. The number of allylic oxidation sites excluding steroid dienone is 2. The number of ether oxygens (including phenoxy) is 1. The third-order valence-corrected chi connectivity index (χ3v) is 4.48. The fourth-order valence-electron chi connectivity index (χ4n) is 2.64. The molecule has 0 radical (unpaired) electrons. The topological polar surface area (TPSA) is 43.4 Å². The molecule has 1 rings (SSSR count). The Morgan fingerprint density at radius 3 is 2.29 bits per heavy atom. The van der Waals surface area contributed by atoms with Crippen LogP contribution in [0.15, 0.2) is 42.0 Å². The molecule has 3 nitrogen and oxygen atoms in total. The molecule has 1 aromatic rings. The van der Waals surface area contributed by atoms with E-state index in [1.807, 2.05) is 45.0 Å². The van der Waals surface area contributed by atoms with E-state index in [4.69, 9.17) is 4.74 Å². The van der Waals surface area contributed by atoms with Gasteiger partial charge in [-0.15, -0.1) is 0 Å². The van der Waals surface area contributed by atoms with Crippen LogP contribution in [0.5, 0.6) is 0 Å². The highest BCUT2D eigenvalue weighted by atomic mass is 16.5. The summed E-state index contributed by atoms with van der Waals surface area (Å²) in [5, 5.41) is 0. The number of benzene rings is 1. The third-order valence-electron chi connectivity index (χ3n) is 4.48. The lowest BCUT2D eigenvalue weighted by Crippen LogP contribution is -2.23. The maximum Gasteiger partial charge on any atom is 0.311 e. The Morgan fingerprint density at radius 1 is 1.04 bits per heavy atom. The Hall–Kier alpha value is -2.16. The van der Waals surface area contributed by atoms with Gasteiger partial charge in [-0.05, 0) is 52.5 Å². The van der Waals surface area contributed by atoms with Gasteiger partial charge in [0.05, 0.1) is 12.0 Å². The minimum atomic E-state index is -0.481.